The minimum Gasteiger partial charge on any atom is -0.349 e. The van der Waals surface area contributed by atoms with Gasteiger partial charge >= 0.3 is 0 Å². The van der Waals surface area contributed by atoms with Crippen molar-refractivity contribution in [1.82, 2.24) is 5.32 Å². The lowest BCUT2D eigenvalue weighted by Crippen LogP contribution is -2.34. The SMILES string of the molecule is C=CCNC(=O)c1ccc(NC(=O)C(N)CC)cc1. The summed E-state index contributed by atoms with van der Waals surface area (Å²) in [6.45, 7) is 5.79. The fourth-order valence-electron chi connectivity index (χ4n) is 1.39. The lowest BCUT2D eigenvalue weighted by molar-refractivity contribution is -0.117. The van der Waals surface area contributed by atoms with E-state index in [-0.39, 0.29) is 11.8 Å². The number of carbonyl (C=O) groups is 2. The van der Waals surface area contributed by atoms with Gasteiger partial charge in [-0.15, -0.1) is 6.58 Å². The van der Waals surface area contributed by atoms with Gasteiger partial charge in [-0.2, -0.15) is 0 Å². The Morgan fingerprint density at radius 2 is 2.00 bits per heavy atom. The third-order valence-corrected chi connectivity index (χ3v) is 2.60. The van der Waals surface area contributed by atoms with Gasteiger partial charge < -0.3 is 16.4 Å². The number of nitrogens with one attached hydrogen (secondary N) is 2. The third kappa shape index (κ3) is 4.56. The number of carbonyl (C=O) groups excluding carboxylic acids is 2. The van der Waals surface area contributed by atoms with E-state index in [0.29, 0.717) is 24.2 Å². The van der Waals surface area contributed by atoms with Crippen molar-refractivity contribution < 1.29 is 9.59 Å². The molecule has 0 fully saturated rings. The van der Waals surface area contributed by atoms with Crippen LogP contribution in [0, 0.1) is 0 Å². The molecule has 102 valence electrons. The molecule has 0 spiro atoms. The molecule has 0 radical (unpaired) electrons. The maximum atomic E-state index is 11.6. The maximum absolute atomic E-state index is 11.6. The Morgan fingerprint density at radius 3 is 2.53 bits per heavy atom. The first-order valence-corrected chi connectivity index (χ1v) is 6.14. The fraction of sp³-hybridized carbons (Fsp3) is 0.286. The normalized spacial score (nSPS) is 11.5. The molecule has 2 amide bonds. The number of rotatable bonds is 6. The molecule has 1 aromatic carbocycles. The quantitative estimate of drug-likeness (QED) is 0.674. The van der Waals surface area contributed by atoms with Crippen molar-refractivity contribution in [3.63, 3.8) is 0 Å². The molecule has 0 aliphatic carbocycles. The minimum atomic E-state index is -0.518. The first-order chi connectivity index (χ1) is 9.08. The Balaban J connectivity index is 2.63. The van der Waals surface area contributed by atoms with Crippen LogP contribution in [-0.2, 0) is 4.79 Å². The van der Waals surface area contributed by atoms with E-state index in [1.165, 1.54) is 0 Å². The van der Waals surface area contributed by atoms with Crippen LogP contribution in [0.25, 0.3) is 0 Å². The Morgan fingerprint density at radius 1 is 1.37 bits per heavy atom. The van der Waals surface area contributed by atoms with Crippen LogP contribution < -0.4 is 16.4 Å². The molecule has 5 heteroatoms. The molecule has 0 saturated heterocycles. The number of anilines is 1. The Kier molecular flexibility index (Phi) is 5.75. The zero-order valence-corrected chi connectivity index (χ0v) is 11.0. The highest BCUT2D eigenvalue weighted by atomic mass is 16.2. The van der Waals surface area contributed by atoms with Gasteiger partial charge in [-0.05, 0) is 30.7 Å². The van der Waals surface area contributed by atoms with Gasteiger partial charge in [0.2, 0.25) is 5.91 Å². The van der Waals surface area contributed by atoms with Gasteiger partial charge in [-0.1, -0.05) is 13.0 Å². The van der Waals surface area contributed by atoms with Crippen LogP contribution in [0.15, 0.2) is 36.9 Å². The van der Waals surface area contributed by atoms with E-state index in [0.717, 1.165) is 0 Å². The van der Waals surface area contributed by atoms with Crippen molar-refractivity contribution >= 4 is 17.5 Å². The summed E-state index contributed by atoms with van der Waals surface area (Å²) < 4.78 is 0. The molecule has 4 N–H and O–H groups in total. The van der Waals surface area contributed by atoms with Crippen molar-refractivity contribution in [3.05, 3.63) is 42.5 Å². The van der Waals surface area contributed by atoms with Crippen LogP contribution in [-0.4, -0.2) is 24.4 Å². The minimum absolute atomic E-state index is 0.178. The monoisotopic (exact) mass is 261 g/mol. The van der Waals surface area contributed by atoms with Crippen LogP contribution in [0.1, 0.15) is 23.7 Å². The summed E-state index contributed by atoms with van der Waals surface area (Å²) in [6, 6.07) is 6.11. The molecular formula is C14H19N3O2. The van der Waals surface area contributed by atoms with E-state index in [2.05, 4.69) is 17.2 Å². The van der Waals surface area contributed by atoms with Crippen molar-refractivity contribution in [2.45, 2.75) is 19.4 Å². The summed E-state index contributed by atoms with van der Waals surface area (Å²) in [5.74, 6) is -0.408. The van der Waals surface area contributed by atoms with Crippen LogP contribution in [0.5, 0.6) is 0 Å². The molecule has 0 saturated carbocycles. The number of amides is 2. The highest BCUT2D eigenvalue weighted by Crippen LogP contribution is 2.10. The van der Waals surface area contributed by atoms with Gasteiger partial charge in [0, 0.05) is 17.8 Å². The predicted molar refractivity (Wildman–Crippen MR) is 75.9 cm³/mol. The zero-order chi connectivity index (χ0) is 14.3. The van der Waals surface area contributed by atoms with Crippen LogP contribution >= 0.6 is 0 Å². The van der Waals surface area contributed by atoms with Crippen LogP contribution in [0.3, 0.4) is 0 Å². The Labute approximate surface area is 112 Å². The Bertz CT molecular complexity index is 454. The first kappa shape index (κ1) is 14.9. The summed E-state index contributed by atoms with van der Waals surface area (Å²) in [4.78, 5) is 23.2. The second-order valence-corrected chi connectivity index (χ2v) is 4.08. The summed E-state index contributed by atoms with van der Waals surface area (Å²) in [7, 11) is 0. The molecule has 1 atom stereocenters. The topological polar surface area (TPSA) is 84.2 Å². The number of hydrogen-bond donors (Lipinski definition) is 3. The van der Waals surface area contributed by atoms with Gasteiger partial charge in [-0.25, -0.2) is 0 Å². The molecule has 0 aromatic heterocycles. The highest BCUT2D eigenvalue weighted by molar-refractivity contribution is 5.97. The number of nitrogens with two attached hydrogens (primary N) is 1. The van der Waals surface area contributed by atoms with E-state index in [9.17, 15) is 9.59 Å². The molecule has 0 aliphatic heterocycles. The van der Waals surface area contributed by atoms with Gasteiger partial charge in [-0.3, -0.25) is 9.59 Å². The lowest BCUT2D eigenvalue weighted by Gasteiger charge is -2.10. The van der Waals surface area contributed by atoms with E-state index < -0.39 is 6.04 Å². The van der Waals surface area contributed by atoms with E-state index in [4.69, 9.17) is 5.73 Å². The molecule has 5 nitrogen and oxygen atoms in total. The second-order valence-electron chi connectivity index (χ2n) is 4.08. The average Bonchev–Trinajstić information content (AvgIpc) is 2.44. The van der Waals surface area contributed by atoms with E-state index in [1.807, 2.05) is 6.92 Å². The molecule has 0 heterocycles. The summed E-state index contributed by atoms with van der Waals surface area (Å²) >= 11 is 0. The van der Waals surface area contributed by atoms with Crippen LogP contribution in [0.4, 0.5) is 5.69 Å². The molecule has 0 aliphatic rings. The Hall–Kier alpha value is -2.14. The molecule has 1 unspecified atom stereocenters. The molecular weight excluding hydrogens is 242 g/mol. The molecule has 1 aromatic rings. The predicted octanol–water partition coefficient (Wildman–Crippen LogP) is 1.28. The maximum Gasteiger partial charge on any atom is 0.251 e. The van der Waals surface area contributed by atoms with E-state index in [1.54, 1.807) is 30.3 Å². The van der Waals surface area contributed by atoms with Crippen molar-refractivity contribution in [3.8, 4) is 0 Å². The molecule has 1 rings (SSSR count). The summed E-state index contributed by atoms with van der Waals surface area (Å²) in [5, 5.41) is 5.36. The van der Waals surface area contributed by atoms with Crippen molar-refractivity contribution in [1.29, 1.82) is 0 Å². The van der Waals surface area contributed by atoms with Crippen LogP contribution in [0.2, 0.25) is 0 Å². The molecule has 0 bridgehead atoms. The molecule has 19 heavy (non-hydrogen) atoms. The van der Waals surface area contributed by atoms with Gasteiger partial charge in [0.05, 0.1) is 6.04 Å². The van der Waals surface area contributed by atoms with Crippen molar-refractivity contribution in [2.24, 2.45) is 5.73 Å². The smallest absolute Gasteiger partial charge is 0.251 e. The first-order valence-electron chi connectivity index (χ1n) is 6.14. The lowest BCUT2D eigenvalue weighted by atomic mass is 10.1. The highest BCUT2D eigenvalue weighted by Gasteiger charge is 2.11. The number of hydrogen-bond acceptors (Lipinski definition) is 3. The largest absolute Gasteiger partial charge is 0.349 e. The zero-order valence-electron chi connectivity index (χ0n) is 11.0. The standard InChI is InChI=1S/C14H19N3O2/c1-3-9-16-13(18)10-5-7-11(8-6-10)17-14(19)12(15)4-2/h3,5-8,12H,1,4,9,15H2,2H3,(H,16,18)(H,17,19). The van der Waals surface area contributed by atoms with E-state index >= 15 is 0 Å². The third-order valence-electron chi connectivity index (χ3n) is 2.60. The van der Waals surface area contributed by atoms with Gasteiger partial charge in [0.1, 0.15) is 0 Å². The summed E-state index contributed by atoms with van der Waals surface area (Å²) in [5.41, 5.74) is 6.76. The van der Waals surface area contributed by atoms with Gasteiger partial charge in [0.15, 0.2) is 0 Å². The van der Waals surface area contributed by atoms with Crippen molar-refractivity contribution in [2.75, 3.05) is 11.9 Å². The average molecular weight is 261 g/mol. The second kappa shape index (κ2) is 7.33. The fourth-order valence-corrected chi connectivity index (χ4v) is 1.39. The number of benzene rings is 1. The van der Waals surface area contributed by atoms with Gasteiger partial charge in [0.25, 0.3) is 5.91 Å². The summed E-state index contributed by atoms with van der Waals surface area (Å²) in [6.07, 6.45) is 2.19.